The molecule has 0 saturated heterocycles. The lowest BCUT2D eigenvalue weighted by atomic mass is 10.2. The molecule has 104 valence electrons. The highest BCUT2D eigenvalue weighted by molar-refractivity contribution is 5.76. The van der Waals surface area contributed by atoms with Crippen molar-refractivity contribution in [2.75, 3.05) is 6.61 Å². The van der Waals surface area contributed by atoms with Gasteiger partial charge in [0, 0.05) is 19.6 Å². The van der Waals surface area contributed by atoms with Crippen LogP contribution >= 0.6 is 0 Å². The van der Waals surface area contributed by atoms with Crippen molar-refractivity contribution < 1.29 is 5.11 Å². The number of fused-ring (bicyclic) bond motifs is 1. The normalized spacial score (nSPS) is 11.3. The Kier molecular flexibility index (Phi) is 4.97. The highest BCUT2D eigenvalue weighted by Crippen LogP contribution is 2.19. The summed E-state index contributed by atoms with van der Waals surface area (Å²) in [7, 11) is 0. The summed E-state index contributed by atoms with van der Waals surface area (Å²) in [6.45, 7) is 5.59. The third-order valence-corrected chi connectivity index (χ3v) is 3.53. The zero-order chi connectivity index (χ0) is 13.7. The first-order chi connectivity index (χ1) is 9.26. The van der Waals surface area contributed by atoms with Gasteiger partial charge in [0.25, 0.3) is 0 Å². The highest BCUT2D eigenvalue weighted by atomic mass is 16.2. The number of imidazole rings is 1. The van der Waals surface area contributed by atoms with Gasteiger partial charge in [0.15, 0.2) is 0 Å². The second-order valence-corrected chi connectivity index (χ2v) is 5.21. The summed E-state index contributed by atoms with van der Waals surface area (Å²) >= 11 is 0. The molecule has 3 nitrogen and oxygen atoms in total. The van der Waals surface area contributed by atoms with Crippen LogP contribution in [-0.4, -0.2) is 21.3 Å². The molecule has 0 aliphatic heterocycles. The average molecular weight is 260 g/mol. The van der Waals surface area contributed by atoms with Gasteiger partial charge in [-0.05, 0) is 37.5 Å². The lowest BCUT2D eigenvalue weighted by molar-refractivity contribution is 0.287. The number of aromatic nitrogens is 2. The molecule has 0 unspecified atom stereocenters. The van der Waals surface area contributed by atoms with Crippen molar-refractivity contribution in [2.24, 2.45) is 0 Å². The Balaban J connectivity index is 2.31. The second-order valence-electron chi connectivity index (χ2n) is 5.21. The molecule has 0 aliphatic rings. The third kappa shape index (κ3) is 3.35. The quantitative estimate of drug-likeness (QED) is 0.774. The van der Waals surface area contributed by atoms with Crippen molar-refractivity contribution in [3.8, 4) is 0 Å². The molecule has 1 heterocycles. The first-order valence-corrected chi connectivity index (χ1v) is 7.33. The van der Waals surface area contributed by atoms with Gasteiger partial charge in [-0.25, -0.2) is 4.98 Å². The Morgan fingerprint density at radius 2 is 2.05 bits per heavy atom. The minimum atomic E-state index is 0.233. The fourth-order valence-electron chi connectivity index (χ4n) is 2.49. The van der Waals surface area contributed by atoms with Crippen LogP contribution in [0.3, 0.4) is 0 Å². The number of benzene rings is 1. The van der Waals surface area contributed by atoms with E-state index < -0.39 is 0 Å². The van der Waals surface area contributed by atoms with Gasteiger partial charge in [-0.3, -0.25) is 0 Å². The molecule has 0 atom stereocenters. The number of nitrogens with zero attached hydrogens (tertiary/aromatic N) is 2. The molecule has 0 saturated carbocycles. The first kappa shape index (κ1) is 14.1. The Morgan fingerprint density at radius 1 is 1.21 bits per heavy atom. The van der Waals surface area contributed by atoms with Crippen molar-refractivity contribution in [1.29, 1.82) is 0 Å². The van der Waals surface area contributed by atoms with Gasteiger partial charge >= 0.3 is 0 Å². The molecule has 19 heavy (non-hydrogen) atoms. The van der Waals surface area contributed by atoms with Crippen LogP contribution in [0.1, 0.15) is 44.0 Å². The van der Waals surface area contributed by atoms with Crippen molar-refractivity contribution in [3.63, 3.8) is 0 Å². The largest absolute Gasteiger partial charge is 0.396 e. The fraction of sp³-hybridized carbons (Fsp3) is 0.562. The lowest BCUT2D eigenvalue weighted by Crippen LogP contribution is -2.05. The third-order valence-electron chi connectivity index (χ3n) is 3.53. The number of aliphatic hydroxyl groups is 1. The van der Waals surface area contributed by atoms with E-state index in [1.54, 1.807) is 0 Å². The molecule has 0 amide bonds. The summed E-state index contributed by atoms with van der Waals surface area (Å²) < 4.78 is 2.33. The van der Waals surface area contributed by atoms with Crippen LogP contribution in [-0.2, 0) is 13.0 Å². The minimum absolute atomic E-state index is 0.233. The smallest absolute Gasteiger partial charge is 0.109 e. The van der Waals surface area contributed by atoms with Crippen LogP contribution in [0.15, 0.2) is 18.2 Å². The van der Waals surface area contributed by atoms with Crippen LogP contribution in [0, 0.1) is 6.92 Å². The Labute approximate surface area is 115 Å². The molecular weight excluding hydrogens is 236 g/mol. The van der Waals surface area contributed by atoms with Crippen molar-refractivity contribution in [3.05, 3.63) is 29.6 Å². The maximum Gasteiger partial charge on any atom is 0.109 e. The van der Waals surface area contributed by atoms with Gasteiger partial charge in [0.05, 0.1) is 11.0 Å². The zero-order valence-electron chi connectivity index (χ0n) is 12.0. The average Bonchev–Trinajstić information content (AvgIpc) is 2.74. The van der Waals surface area contributed by atoms with E-state index in [1.807, 2.05) is 0 Å². The lowest BCUT2D eigenvalue weighted by Gasteiger charge is -2.08. The molecule has 0 fully saturated rings. The first-order valence-electron chi connectivity index (χ1n) is 7.33. The van der Waals surface area contributed by atoms with Gasteiger partial charge in [0.2, 0.25) is 0 Å². The SMILES string of the molecule is CCCCCn1c(CCCO)nc2cc(C)ccc21. The van der Waals surface area contributed by atoms with Gasteiger partial charge in [-0.2, -0.15) is 0 Å². The van der Waals surface area contributed by atoms with Crippen LogP contribution in [0.5, 0.6) is 0 Å². The van der Waals surface area contributed by atoms with Crippen LogP contribution < -0.4 is 0 Å². The Hall–Kier alpha value is -1.35. The van der Waals surface area contributed by atoms with Crippen LogP contribution in [0.4, 0.5) is 0 Å². The van der Waals surface area contributed by atoms with Gasteiger partial charge in [-0.1, -0.05) is 25.8 Å². The van der Waals surface area contributed by atoms with E-state index >= 15 is 0 Å². The summed E-state index contributed by atoms with van der Waals surface area (Å²) in [5.74, 6) is 1.12. The number of unbranched alkanes of at least 4 members (excludes halogenated alkanes) is 2. The maximum absolute atomic E-state index is 9.01. The van der Waals surface area contributed by atoms with E-state index in [0.29, 0.717) is 0 Å². The van der Waals surface area contributed by atoms with Crippen molar-refractivity contribution in [2.45, 2.75) is 52.5 Å². The molecule has 0 spiro atoms. The van der Waals surface area contributed by atoms with Crippen molar-refractivity contribution >= 4 is 11.0 Å². The molecule has 2 rings (SSSR count). The number of hydrogen-bond acceptors (Lipinski definition) is 2. The van der Waals surface area contributed by atoms with Crippen molar-refractivity contribution in [1.82, 2.24) is 9.55 Å². The minimum Gasteiger partial charge on any atom is -0.396 e. The summed E-state index contributed by atoms with van der Waals surface area (Å²) in [6, 6.07) is 6.47. The predicted molar refractivity (Wildman–Crippen MR) is 79.4 cm³/mol. The Bertz CT molecular complexity index is 531. The molecule has 0 aliphatic carbocycles. The molecular formula is C16H24N2O. The van der Waals surface area contributed by atoms with E-state index in [0.717, 1.165) is 30.7 Å². The molecule has 0 bridgehead atoms. The second kappa shape index (κ2) is 6.71. The summed E-state index contributed by atoms with van der Waals surface area (Å²) in [6.07, 6.45) is 5.33. The summed E-state index contributed by atoms with van der Waals surface area (Å²) in [5.41, 5.74) is 3.57. The predicted octanol–water partition coefficient (Wildman–Crippen LogP) is 3.46. The zero-order valence-corrected chi connectivity index (χ0v) is 12.0. The molecule has 0 radical (unpaired) electrons. The van der Waals surface area contributed by atoms with E-state index in [2.05, 4.69) is 36.6 Å². The van der Waals surface area contributed by atoms with Gasteiger partial charge < -0.3 is 9.67 Å². The fourth-order valence-corrected chi connectivity index (χ4v) is 2.49. The number of aryl methyl sites for hydroxylation is 3. The number of aliphatic hydroxyl groups excluding tert-OH is 1. The standard InChI is InChI=1S/C16H24N2O/c1-3-4-5-10-18-15-9-8-13(2)12-14(15)17-16(18)7-6-11-19/h8-9,12,19H,3-7,10-11H2,1-2H3. The Morgan fingerprint density at radius 3 is 2.79 bits per heavy atom. The number of hydrogen-bond donors (Lipinski definition) is 1. The van der Waals surface area contributed by atoms with E-state index in [-0.39, 0.29) is 6.61 Å². The van der Waals surface area contributed by atoms with Gasteiger partial charge in [0.1, 0.15) is 5.82 Å². The molecule has 3 heteroatoms. The number of rotatable bonds is 7. The maximum atomic E-state index is 9.01. The summed E-state index contributed by atoms with van der Waals surface area (Å²) in [4.78, 5) is 4.74. The van der Waals surface area contributed by atoms with E-state index in [9.17, 15) is 0 Å². The topological polar surface area (TPSA) is 38.0 Å². The molecule has 1 aromatic heterocycles. The molecule has 1 N–H and O–H groups in total. The van der Waals surface area contributed by atoms with E-state index in [1.165, 1.54) is 30.3 Å². The molecule has 2 aromatic rings. The monoisotopic (exact) mass is 260 g/mol. The summed E-state index contributed by atoms with van der Waals surface area (Å²) in [5, 5.41) is 9.01. The molecule has 1 aromatic carbocycles. The van der Waals surface area contributed by atoms with Gasteiger partial charge in [-0.15, -0.1) is 0 Å². The van der Waals surface area contributed by atoms with Crippen LogP contribution in [0.2, 0.25) is 0 Å². The van der Waals surface area contributed by atoms with Crippen LogP contribution in [0.25, 0.3) is 11.0 Å². The van der Waals surface area contributed by atoms with E-state index in [4.69, 9.17) is 10.1 Å². The highest BCUT2D eigenvalue weighted by Gasteiger charge is 2.10.